The highest BCUT2D eigenvalue weighted by Gasteiger charge is 2.47. The van der Waals surface area contributed by atoms with E-state index in [-0.39, 0.29) is 0 Å². The lowest BCUT2D eigenvalue weighted by Crippen LogP contribution is -2.44. The second kappa shape index (κ2) is 5.42. The predicted molar refractivity (Wildman–Crippen MR) is 87.2 cm³/mol. The third-order valence-electron chi connectivity index (χ3n) is 5.37. The average Bonchev–Trinajstić information content (AvgIpc) is 2.26. The molecule has 1 heteroatoms. The van der Waals surface area contributed by atoms with Gasteiger partial charge in [-0.1, -0.05) is 32.4 Å². The molecule has 1 aromatic rings. The summed E-state index contributed by atoms with van der Waals surface area (Å²) in [5.74, 6) is 1.66. The molecular formula is C19H29N. The van der Waals surface area contributed by atoms with Gasteiger partial charge in [-0.3, -0.25) is 0 Å². The van der Waals surface area contributed by atoms with Crippen molar-refractivity contribution in [3.63, 3.8) is 0 Å². The first-order chi connectivity index (χ1) is 9.56. The Morgan fingerprint density at radius 2 is 2.00 bits per heavy atom. The summed E-state index contributed by atoms with van der Waals surface area (Å²) >= 11 is 0. The average molecular weight is 271 g/mol. The molecule has 2 saturated carbocycles. The second-order valence-corrected chi connectivity index (χ2v) is 7.76. The minimum Gasteiger partial charge on any atom is -0.385 e. The monoisotopic (exact) mass is 271 g/mol. The van der Waals surface area contributed by atoms with Crippen LogP contribution in [0.2, 0.25) is 0 Å². The lowest BCUT2D eigenvalue weighted by molar-refractivity contribution is -0.0185. The Hall–Kier alpha value is -0.980. The van der Waals surface area contributed by atoms with Crippen LogP contribution in [-0.4, -0.2) is 6.54 Å². The van der Waals surface area contributed by atoms with Crippen LogP contribution in [0.25, 0.3) is 0 Å². The minimum atomic E-state index is 0.738. The molecule has 0 radical (unpaired) electrons. The van der Waals surface area contributed by atoms with Gasteiger partial charge in [-0.05, 0) is 73.5 Å². The van der Waals surface area contributed by atoms with Crippen molar-refractivity contribution in [2.45, 2.75) is 59.3 Å². The molecule has 1 aromatic carbocycles. The van der Waals surface area contributed by atoms with E-state index in [1.54, 1.807) is 0 Å². The fraction of sp³-hybridized carbons (Fsp3) is 0.684. The SMILES string of the molecule is Cc1cc(CC(C)C)ccc1NCC1CC2(CCC2)C1. The molecular weight excluding hydrogens is 242 g/mol. The van der Waals surface area contributed by atoms with E-state index in [9.17, 15) is 0 Å². The first-order valence-electron chi connectivity index (χ1n) is 8.40. The van der Waals surface area contributed by atoms with Crippen LogP contribution in [0.3, 0.4) is 0 Å². The van der Waals surface area contributed by atoms with Gasteiger partial charge in [0.25, 0.3) is 0 Å². The molecule has 0 aliphatic heterocycles. The van der Waals surface area contributed by atoms with Crippen LogP contribution in [0.1, 0.15) is 57.1 Å². The number of hydrogen-bond acceptors (Lipinski definition) is 1. The molecule has 0 saturated heterocycles. The van der Waals surface area contributed by atoms with Crippen molar-refractivity contribution in [2.75, 3.05) is 11.9 Å². The van der Waals surface area contributed by atoms with Crippen LogP contribution >= 0.6 is 0 Å². The van der Waals surface area contributed by atoms with Crippen molar-refractivity contribution in [1.29, 1.82) is 0 Å². The Labute approximate surface area is 124 Å². The highest BCUT2D eigenvalue weighted by Crippen LogP contribution is 2.58. The molecule has 2 aliphatic rings. The maximum Gasteiger partial charge on any atom is 0.0370 e. The van der Waals surface area contributed by atoms with Crippen LogP contribution in [0.4, 0.5) is 5.69 Å². The lowest BCUT2D eigenvalue weighted by Gasteiger charge is -2.54. The maximum absolute atomic E-state index is 3.68. The Morgan fingerprint density at radius 3 is 2.55 bits per heavy atom. The Morgan fingerprint density at radius 1 is 1.25 bits per heavy atom. The Bertz CT molecular complexity index is 463. The fourth-order valence-electron chi connectivity index (χ4n) is 4.17. The number of benzene rings is 1. The lowest BCUT2D eigenvalue weighted by atomic mass is 9.52. The largest absolute Gasteiger partial charge is 0.385 e. The molecule has 2 aliphatic carbocycles. The zero-order valence-corrected chi connectivity index (χ0v) is 13.3. The van der Waals surface area contributed by atoms with Crippen molar-refractivity contribution in [3.05, 3.63) is 29.3 Å². The molecule has 3 rings (SSSR count). The number of anilines is 1. The molecule has 0 atom stereocenters. The fourth-order valence-corrected chi connectivity index (χ4v) is 4.17. The van der Waals surface area contributed by atoms with E-state index in [0.717, 1.165) is 17.3 Å². The highest BCUT2D eigenvalue weighted by molar-refractivity contribution is 5.52. The zero-order chi connectivity index (χ0) is 14.2. The van der Waals surface area contributed by atoms with Crippen molar-refractivity contribution >= 4 is 5.69 Å². The van der Waals surface area contributed by atoms with Crippen molar-refractivity contribution in [2.24, 2.45) is 17.3 Å². The van der Waals surface area contributed by atoms with Gasteiger partial charge in [0.15, 0.2) is 0 Å². The highest BCUT2D eigenvalue weighted by atomic mass is 14.9. The third kappa shape index (κ3) is 2.87. The van der Waals surface area contributed by atoms with Gasteiger partial charge < -0.3 is 5.32 Å². The van der Waals surface area contributed by atoms with Crippen LogP contribution in [-0.2, 0) is 6.42 Å². The Kier molecular flexibility index (Phi) is 3.79. The molecule has 0 bridgehead atoms. The molecule has 1 spiro atoms. The van der Waals surface area contributed by atoms with Gasteiger partial charge in [-0.2, -0.15) is 0 Å². The number of hydrogen-bond donors (Lipinski definition) is 1. The first kappa shape index (κ1) is 14.0. The van der Waals surface area contributed by atoms with Crippen LogP contribution < -0.4 is 5.32 Å². The summed E-state index contributed by atoms with van der Waals surface area (Å²) in [4.78, 5) is 0. The van der Waals surface area contributed by atoms with Crippen LogP contribution in [0, 0.1) is 24.2 Å². The second-order valence-electron chi connectivity index (χ2n) is 7.76. The molecule has 110 valence electrons. The number of nitrogens with one attached hydrogen (secondary N) is 1. The van der Waals surface area contributed by atoms with E-state index >= 15 is 0 Å². The summed E-state index contributed by atoms with van der Waals surface area (Å²) in [6.07, 6.45) is 8.64. The van der Waals surface area contributed by atoms with Gasteiger partial charge in [-0.15, -0.1) is 0 Å². The molecule has 0 unspecified atom stereocenters. The summed E-state index contributed by atoms with van der Waals surface area (Å²) in [6, 6.07) is 6.94. The quantitative estimate of drug-likeness (QED) is 0.777. The molecule has 0 aromatic heterocycles. The first-order valence-corrected chi connectivity index (χ1v) is 8.40. The summed E-state index contributed by atoms with van der Waals surface area (Å²) in [5, 5.41) is 3.68. The maximum atomic E-state index is 3.68. The topological polar surface area (TPSA) is 12.0 Å². The van der Waals surface area contributed by atoms with Crippen molar-refractivity contribution in [3.8, 4) is 0 Å². The summed E-state index contributed by atoms with van der Waals surface area (Å²) < 4.78 is 0. The van der Waals surface area contributed by atoms with Crippen molar-refractivity contribution < 1.29 is 0 Å². The minimum absolute atomic E-state index is 0.738. The predicted octanol–water partition coefficient (Wildman–Crippen LogP) is 5.19. The van der Waals surface area contributed by atoms with Crippen LogP contribution in [0.5, 0.6) is 0 Å². The molecule has 1 nitrogen and oxygen atoms in total. The smallest absolute Gasteiger partial charge is 0.0370 e. The van der Waals surface area contributed by atoms with Crippen molar-refractivity contribution in [1.82, 2.24) is 0 Å². The van der Waals surface area contributed by atoms with Crippen LogP contribution in [0.15, 0.2) is 18.2 Å². The standard InChI is InChI=1S/C19H29N/c1-14(2)9-16-5-6-18(15(3)10-16)20-13-17-11-19(12-17)7-4-8-19/h5-6,10,14,17,20H,4,7-9,11-13H2,1-3H3. The third-order valence-corrected chi connectivity index (χ3v) is 5.37. The number of aryl methyl sites for hydroxylation is 1. The van der Waals surface area contributed by atoms with Gasteiger partial charge >= 0.3 is 0 Å². The number of rotatable bonds is 5. The zero-order valence-electron chi connectivity index (χ0n) is 13.3. The Balaban J connectivity index is 1.50. The van der Waals surface area contributed by atoms with Gasteiger partial charge in [0, 0.05) is 12.2 Å². The van der Waals surface area contributed by atoms with Gasteiger partial charge in [0.1, 0.15) is 0 Å². The summed E-state index contributed by atoms with van der Waals surface area (Å²) in [7, 11) is 0. The molecule has 1 N–H and O–H groups in total. The van der Waals surface area contributed by atoms with E-state index in [1.807, 2.05) is 0 Å². The summed E-state index contributed by atoms with van der Waals surface area (Å²) in [6.45, 7) is 7.98. The van der Waals surface area contributed by atoms with Gasteiger partial charge in [0.05, 0.1) is 0 Å². The molecule has 2 fully saturated rings. The molecule has 20 heavy (non-hydrogen) atoms. The van der Waals surface area contributed by atoms with E-state index in [1.165, 1.54) is 61.9 Å². The van der Waals surface area contributed by atoms with Gasteiger partial charge in [0.2, 0.25) is 0 Å². The molecule has 0 heterocycles. The normalized spacial score (nSPS) is 20.8. The van der Waals surface area contributed by atoms with Gasteiger partial charge in [-0.25, -0.2) is 0 Å². The molecule has 0 amide bonds. The van der Waals surface area contributed by atoms with E-state index in [4.69, 9.17) is 0 Å². The summed E-state index contributed by atoms with van der Waals surface area (Å²) in [5.41, 5.74) is 5.02. The van der Waals surface area contributed by atoms with E-state index < -0.39 is 0 Å². The van der Waals surface area contributed by atoms with E-state index in [2.05, 4.69) is 44.3 Å². The van der Waals surface area contributed by atoms with E-state index in [0.29, 0.717) is 0 Å².